The van der Waals surface area contributed by atoms with Crippen molar-refractivity contribution in [3.8, 4) is 0 Å². The van der Waals surface area contributed by atoms with Crippen molar-refractivity contribution in [1.82, 2.24) is 4.98 Å². The summed E-state index contributed by atoms with van der Waals surface area (Å²) in [6.45, 7) is 8.08. The van der Waals surface area contributed by atoms with Gasteiger partial charge >= 0.3 is 0 Å². The highest BCUT2D eigenvalue weighted by molar-refractivity contribution is 7.17. The first-order chi connectivity index (χ1) is 6.76. The van der Waals surface area contributed by atoms with Gasteiger partial charge in [0.25, 0.3) is 0 Å². The average molecular weight is 212 g/mol. The van der Waals surface area contributed by atoms with Gasteiger partial charge in [-0.25, -0.2) is 4.98 Å². The lowest BCUT2D eigenvalue weighted by molar-refractivity contribution is 0.112. The van der Waals surface area contributed by atoms with Crippen LogP contribution in [0.25, 0.3) is 0 Å². The zero-order valence-corrected chi connectivity index (χ0v) is 9.73. The lowest BCUT2D eigenvalue weighted by Crippen LogP contribution is -2.21. The third kappa shape index (κ3) is 2.12. The second-order valence-corrected chi connectivity index (χ2v) is 3.96. The number of carbonyl (C=O) groups excluding carboxylic acids is 1. The van der Waals surface area contributed by atoms with Gasteiger partial charge in [0.15, 0.2) is 11.4 Å². The van der Waals surface area contributed by atoms with Crippen LogP contribution in [0, 0.1) is 0 Å². The summed E-state index contributed by atoms with van der Waals surface area (Å²) in [6, 6.07) is 0. The fourth-order valence-electron chi connectivity index (χ4n) is 1.33. The molecule has 0 saturated carbocycles. The summed E-state index contributed by atoms with van der Waals surface area (Å²) in [5.41, 5.74) is 0.923. The van der Waals surface area contributed by atoms with Crippen molar-refractivity contribution in [2.75, 3.05) is 18.0 Å². The largest absolute Gasteiger partial charge is 0.349 e. The maximum Gasteiger partial charge on any atom is 0.186 e. The molecule has 0 spiro atoms. The van der Waals surface area contributed by atoms with Crippen molar-refractivity contribution in [2.24, 2.45) is 0 Å². The molecule has 0 aliphatic rings. The van der Waals surface area contributed by atoms with Crippen LogP contribution in [0.1, 0.15) is 36.1 Å². The highest BCUT2D eigenvalue weighted by atomic mass is 32.1. The van der Waals surface area contributed by atoms with E-state index in [0.717, 1.165) is 41.5 Å². The maximum atomic E-state index is 10.8. The molecule has 1 aromatic heterocycles. The van der Waals surface area contributed by atoms with Gasteiger partial charge in [0, 0.05) is 13.1 Å². The lowest BCUT2D eigenvalue weighted by atomic mass is 10.3. The standard InChI is InChI=1S/C10H16N2OS/c1-4-8-9(7-13)14-10(11-8)12(5-2)6-3/h7H,4-6H2,1-3H3. The molecular weight excluding hydrogens is 196 g/mol. The second-order valence-electron chi connectivity index (χ2n) is 2.95. The Morgan fingerprint density at radius 1 is 1.36 bits per heavy atom. The Kier molecular flexibility index (Phi) is 4.07. The number of anilines is 1. The molecule has 0 aliphatic carbocycles. The number of aromatic nitrogens is 1. The maximum absolute atomic E-state index is 10.8. The molecule has 0 fully saturated rings. The number of hydrogen-bond acceptors (Lipinski definition) is 4. The van der Waals surface area contributed by atoms with Gasteiger partial charge < -0.3 is 4.90 Å². The first kappa shape index (κ1) is 11.2. The lowest BCUT2D eigenvalue weighted by Gasteiger charge is -2.16. The van der Waals surface area contributed by atoms with Crippen LogP contribution in [0.3, 0.4) is 0 Å². The monoisotopic (exact) mass is 212 g/mol. The number of aldehydes is 1. The minimum atomic E-state index is 0.773. The third-order valence-corrected chi connectivity index (χ3v) is 3.28. The van der Waals surface area contributed by atoms with E-state index in [1.165, 1.54) is 11.3 Å². The van der Waals surface area contributed by atoms with Crippen LogP contribution in [-0.2, 0) is 6.42 Å². The number of aryl methyl sites for hydroxylation is 1. The van der Waals surface area contributed by atoms with E-state index in [2.05, 4.69) is 23.7 Å². The van der Waals surface area contributed by atoms with E-state index in [-0.39, 0.29) is 0 Å². The van der Waals surface area contributed by atoms with Crippen molar-refractivity contribution in [3.05, 3.63) is 10.6 Å². The molecule has 0 amide bonds. The Bertz CT molecular complexity index is 305. The molecule has 78 valence electrons. The Labute approximate surface area is 88.8 Å². The van der Waals surface area contributed by atoms with Crippen LogP contribution < -0.4 is 4.90 Å². The Morgan fingerprint density at radius 3 is 2.36 bits per heavy atom. The summed E-state index contributed by atoms with van der Waals surface area (Å²) in [4.78, 5) is 18.1. The topological polar surface area (TPSA) is 33.2 Å². The summed E-state index contributed by atoms with van der Waals surface area (Å²) >= 11 is 1.49. The molecule has 1 aromatic rings. The molecule has 3 nitrogen and oxygen atoms in total. The van der Waals surface area contributed by atoms with Gasteiger partial charge in [-0.1, -0.05) is 18.3 Å². The molecule has 0 saturated heterocycles. The van der Waals surface area contributed by atoms with Gasteiger partial charge in [-0.2, -0.15) is 0 Å². The third-order valence-electron chi connectivity index (χ3n) is 2.19. The number of rotatable bonds is 5. The van der Waals surface area contributed by atoms with E-state index in [1.807, 2.05) is 6.92 Å². The second kappa shape index (κ2) is 5.10. The SMILES string of the molecule is CCc1nc(N(CC)CC)sc1C=O. The summed E-state index contributed by atoms with van der Waals surface area (Å²) in [5, 5.41) is 0.967. The van der Waals surface area contributed by atoms with Crippen molar-refractivity contribution in [3.63, 3.8) is 0 Å². The van der Waals surface area contributed by atoms with Crippen LogP contribution in [0.2, 0.25) is 0 Å². The minimum Gasteiger partial charge on any atom is -0.349 e. The summed E-state index contributed by atoms with van der Waals surface area (Å²) < 4.78 is 0. The molecular formula is C10H16N2OS. The predicted octanol–water partition coefficient (Wildman–Crippen LogP) is 2.36. The van der Waals surface area contributed by atoms with Gasteiger partial charge in [-0.15, -0.1) is 0 Å². The van der Waals surface area contributed by atoms with Gasteiger partial charge in [-0.3, -0.25) is 4.79 Å². The van der Waals surface area contributed by atoms with Crippen LogP contribution in [-0.4, -0.2) is 24.4 Å². The quantitative estimate of drug-likeness (QED) is 0.702. The van der Waals surface area contributed by atoms with Crippen LogP contribution in [0.15, 0.2) is 0 Å². The van der Waals surface area contributed by atoms with Crippen molar-refractivity contribution in [2.45, 2.75) is 27.2 Å². The summed E-state index contributed by atoms with van der Waals surface area (Å²) in [5.74, 6) is 0. The molecule has 0 aromatic carbocycles. The molecule has 0 radical (unpaired) electrons. The van der Waals surface area contributed by atoms with E-state index in [9.17, 15) is 4.79 Å². The number of thiazole rings is 1. The Balaban J connectivity index is 2.98. The van der Waals surface area contributed by atoms with E-state index < -0.39 is 0 Å². The first-order valence-corrected chi connectivity index (χ1v) is 5.78. The van der Waals surface area contributed by atoms with Crippen molar-refractivity contribution < 1.29 is 4.79 Å². The van der Waals surface area contributed by atoms with Gasteiger partial charge in [0.05, 0.1) is 10.6 Å². The van der Waals surface area contributed by atoms with Crippen LogP contribution in [0.5, 0.6) is 0 Å². The van der Waals surface area contributed by atoms with E-state index in [4.69, 9.17) is 0 Å². The summed E-state index contributed by atoms with van der Waals surface area (Å²) in [6.07, 6.45) is 1.73. The fourth-order valence-corrected chi connectivity index (χ4v) is 2.42. The average Bonchev–Trinajstić information content (AvgIpc) is 2.63. The summed E-state index contributed by atoms with van der Waals surface area (Å²) in [7, 11) is 0. The van der Waals surface area contributed by atoms with Crippen LogP contribution >= 0.6 is 11.3 Å². The van der Waals surface area contributed by atoms with E-state index in [1.54, 1.807) is 0 Å². The Morgan fingerprint density at radius 2 is 2.00 bits per heavy atom. The number of nitrogens with zero attached hydrogens (tertiary/aromatic N) is 2. The molecule has 0 atom stereocenters. The normalized spacial score (nSPS) is 10.2. The van der Waals surface area contributed by atoms with E-state index in [0.29, 0.717) is 0 Å². The van der Waals surface area contributed by atoms with Gasteiger partial charge in [0.1, 0.15) is 0 Å². The van der Waals surface area contributed by atoms with E-state index >= 15 is 0 Å². The minimum absolute atomic E-state index is 0.773. The molecule has 4 heteroatoms. The molecule has 1 rings (SSSR count). The zero-order chi connectivity index (χ0) is 10.6. The molecule has 1 heterocycles. The molecule has 0 N–H and O–H groups in total. The number of hydrogen-bond donors (Lipinski definition) is 0. The van der Waals surface area contributed by atoms with Gasteiger partial charge in [0.2, 0.25) is 0 Å². The van der Waals surface area contributed by atoms with Crippen molar-refractivity contribution >= 4 is 22.8 Å². The first-order valence-electron chi connectivity index (χ1n) is 4.96. The smallest absolute Gasteiger partial charge is 0.186 e. The zero-order valence-electron chi connectivity index (χ0n) is 8.91. The molecule has 14 heavy (non-hydrogen) atoms. The fraction of sp³-hybridized carbons (Fsp3) is 0.600. The highest BCUT2D eigenvalue weighted by Crippen LogP contribution is 2.25. The molecule has 0 bridgehead atoms. The number of carbonyl (C=O) groups is 1. The molecule has 0 aliphatic heterocycles. The predicted molar refractivity (Wildman–Crippen MR) is 60.4 cm³/mol. The van der Waals surface area contributed by atoms with Crippen LogP contribution in [0.4, 0.5) is 5.13 Å². The molecule has 0 unspecified atom stereocenters. The Hall–Kier alpha value is -0.900. The highest BCUT2D eigenvalue weighted by Gasteiger charge is 2.12. The van der Waals surface area contributed by atoms with Crippen molar-refractivity contribution in [1.29, 1.82) is 0 Å². The van der Waals surface area contributed by atoms with Gasteiger partial charge in [-0.05, 0) is 20.3 Å².